The van der Waals surface area contributed by atoms with Crippen LogP contribution in [-0.2, 0) is 0 Å². The van der Waals surface area contributed by atoms with Crippen LogP contribution in [0.3, 0.4) is 0 Å². The zero-order chi connectivity index (χ0) is 19.1. The standard InChI is InChI=1S/C21H19N3O3/c25-21(18-11-5-4-10-17(18)16-8-2-1-3-9-16)23-15-14-22-19-12-6-7-13-20(19)24(26)27/h1-13,22H,14-15H2,(H,23,25). The second-order valence-electron chi connectivity index (χ2n) is 5.87. The van der Waals surface area contributed by atoms with Gasteiger partial charge in [0, 0.05) is 24.7 Å². The van der Waals surface area contributed by atoms with Crippen LogP contribution in [0.2, 0.25) is 0 Å². The summed E-state index contributed by atoms with van der Waals surface area (Å²) in [4.78, 5) is 23.2. The van der Waals surface area contributed by atoms with Gasteiger partial charge in [-0.1, -0.05) is 60.7 Å². The van der Waals surface area contributed by atoms with E-state index in [0.717, 1.165) is 11.1 Å². The summed E-state index contributed by atoms with van der Waals surface area (Å²) in [5.74, 6) is -0.182. The molecule has 0 saturated carbocycles. The number of carbonyl (C=O) groups excluding carboxylic acids is 1. The molecule has 2 N–H and O–H groups in total. The SMILES string of the molecule is O=C(NCCNc1ccccc1[N+](=O)[O-])c1ccccc1-c1ccccc1. The van der Waals surface area contributed by atoms with Gasteiger partial charge in [-0.3, -0.25) is 14.9 Å². The molecule has 3 aromatic rings. The van der Waals surface area contributed by atoms with Crippen molar-refractivity contribution in [1.82, 2.24) is 5.32 Å². The Labute approximate surface area is 157 Å². The summed E-state index contributed by atoms with van der Waals surface area (Å²) >= 11 is 0. The van der Waals surface area contributed by atoms with E-state index in [4.69, 9.17) is 0 Å². The molecule has 0 spiro atoms. The molecule has 3 aromatic carbocycles. The molecule has 6 heteroatoms. The maximum Gasteiger partial charge on any atom is 0.292 e. The summed E-state index contributed by atoms with van der Waals surface area (Å²) in [6.07, 6.45) is 0. The third kappa shape index (κ3) is 4.49. The minimum atomic E-state index is -0.434. The number of para-hydroxylation sites is 2. The second-order valence-corrected chi connectivity index (χ2v) is 5.87. The van der Waals surface area contributed by atoms with Gasteiger partial charge in [-0.05, 0) is 23.3 Å². The number of nitro benzene ring substituents is 1. The number of rotatable bonds is 7. The monoisotopic (exact) mass is 361 g/mol. The Morgan fingerprint density at radius 2 is 1.52 bits per heavy atom. The van der Waals surface area contributed by atoms with Crippen molar-refractivity contribution in [1.29, 1.82) is 0 Å². The van der Waals surface area contributed by atoms with Crippen LogP contribution in [0.1, 0.15) is 10.4 Å². The van der Waals surface area contributed by atoms with Crippen LogP contribution in [-0.4, -0.2) is 23.9 Å². The first-order valence-corrected chi connectivity index (χ1v) is 8.57. The smallest absolute Gasteiger partial charge is 0.292 e. The van der Waals surface area contributed by atoms with Crippen molar-refractivity contribution in [3.8, 4) is 11.1 Å². The van der Waals surface area contributed by atoms with Gasteiger partial charge in [0.1, 0.15) is 5.69 Å². The fourth-order valence-electron chi connectivity index (χ4n) is 2.80. The van der Waals surface area contributed by atoms with E-state index in [1.54, 1.807) is 24.3 Å². The van der Waals surface area contributed by atoms with Gasteiger partial charge in [0.25, 0.3) is 11.6 Å². The summed E-state index contributed by atoms with van der Waals surface area (Å²) in [7, 11) is 0. The van der Waals surface area contributed by atoms with Crippen LogP contribution in [0, 0.1) is 10.1 Å². The molecule has 3 rings (SSSR count). The predicted octanol–water partition coefficient (Wildman–Crippen LogP) is 4.10. The Kier molecular flexibility index (Phi) is 5.79. The molecule has 1 amide bonds. The number of nitro groups is 1. The Morgan fingerprint density at radius 1 is 0.852 bits per heavy atom. The average Bonchev–Trinajstić information content (AvgIpc) is 2.72. The van der Waals surface area contributed by atoms with Crippen molar-refractivity contribution < 1.29 is 9.72 Å². The molecule has 0 saturated heterocycles. The van der Waals surface area contributed by atoms with Crippen LogP contribution in [0.4, 0.5) is 11.4 Å². The van der Waals surface area contributed by atoms with Gasteiger partial charge in [-0.2, -0.15) is 0 Å². The second kappa shape index (κ2) is 8.62. The molecule has 27 heavy (non-hydrogen) atoms. The highest BCUT2D eigenvalue weighted by Crippen LogP contribution is 2.24. The fraction of sp³-hybridized carbons (Fsp3) is 0.0952. The van der Waals surface area contributed by atoms with E-state index in [-0.39, 0.29) is 11.6 Å². The van der Waals surface area contributed by atoms with Crippen LogP contribution < -0.4 is 10.6 Å². The number of carbonyl (C=O) groups is 1. The highest BCUT2D eigenvalue weighted by Gasteiger charge is 2.13. The number of nitrogens with zero attached hydrogens (tertiary/aromatic N) is 1. The van der Waals surface area contributed by atoms with E-state index in [0.29, 0.717) is 24.3 Å². The topological polar surface area (TPSA) is 84.3 Å². The number of amides is 1. The molecule has 0 aliphatic heterocycles. The van der Waals surface area contributed by atoms with Crippen molar-refractivity contribution in [2.75, 3.05) is 18.4 Å². The van der Waals surface area contributed by atoms with Gasteiger partial charge in [0.05, 0.1) is 4.92 Å². The maximum atomic E-state index is 12.6. The molecule has 6 nitrogen and oxygen atoms in total. The molecule has 0 fully saturated rings. The number of benzene rings is 3. The first kappa shape index (κ1) is 18.1. The van der Waals surface area contributed by atoms with Crippen molar-refractivity contribution in [3.63, 3.8) is 0 Å². The van der Waals surface area contributed by atoms with Crippen LogP contribution in [0.25, 0.3) is 11.1 Å². The summed E-state index contributed by atoms with van der Waals surface area (Å²) in [5.41, 5.74) is 2.87. The maximum absolute atomic E-state index is 12.6. The van der Waals surface area contributed by atoms with E-state index >= 15 is 0 Å². The number of nitrogens with one attached hydrogen (secondary N) is 2. The lowest BCUT2D eigenvalue weighted by molar-refractivity contribution is -0.384. The normalized spacial score (nSPS) is 10.2. The molecule has 0 aromatic heterocycles. The minimum Gasteiger partial charge on any atom is -0.378 e. The summed E-state index contributed by atoms with van der Waals surface area (Å²) in [6, 6.07) is 23.6. The van der Waals surface area contributed by atoms with Gasteiger partial charge < -0.3 is 10.6 Å². The molecule has 0 radical (unpaired) electrons. The summed E-state index contributed by atoms with van der Waals surface area (Å²) in [5, 5.41) is 16.9. The quantitative estimate of drug-likeness (QED) is 0.377. The average molecular weight is 361 g/mol. The number of hydrogen-bond acceptors (Lipinski definition) is 4. The lowest BCUT2D eigenvalue weighted by Gasteiger charge is -2.11. The van der Waals surface area contributed by atoms with E-state index in [2.05, 4.69) is 10.6 Å². The molecule has 0 heterocycles. The molecule has 0 aliphatic rings. The minimum absolute atomic E-state index is 0.0123. The lowest BCUT2D eigenvalue weighted by atomic mass is 9.99. The summed E-state index contributed by atoms with van der Waals surface area (Å²) in [6.45, 7) is 0.720. The third-order valence-electron chi connectivity index (χ3n) is 4.08. The van der Waals surface area contributed by atoms with E-state index in [9.17, 15) is 14.9 Å². The van der Waals surface area contributed by atoms with Gasteiger partial charge in [-0.25, -0.2) is 0 Å². The van der Waals surface area contributed by atoms with Crippen molar-refractivity contribution >= 4 is 17.3 Å². The van der Waals surface area contributed by atoms with Crippen LogP contribution >= 0.6 is 0 Å². The molecular formula is C21H19N3O3. The fourth-order valence-corrected chi connectivity index (χ4v) is 2.80. The van der Waals surface area contributed by atoms with Crippen molar-refractivity contribution in [2.24, 2.45) is 0 Å². The molecule has 0 bridgehead atoms. The number of hydrogen-bond donors (Lipinski definition) is 2. The highest BCUT2D eigenvalue weighted by molar-refractivity contribution is 6.00. The van der Waals surface area contributed by atoms with Gasteiger partial charge in [-0.15, -0.1) is 0 Å². The largest absolute Gasteiger partial charge is 0.378 e. The van der Waals surface area contributed by atoms with E-state index in [1.165, 1.54) is 6.07 Å². The number of anilines is 1. The molecule has 0 atom stereocenters. The molecule has 136 valence electrons. The van der Waals surface area contributed by atoms with Crippen LogP contribution in [0.5, 0.6) is 0 Å². The summed E-state index contributed by atoms with van der Waals surface area (Å²) < 4.78 is 0. The first-order chi connectivity index (χ1) is 13.2. The van der Waals surface area contributed by atoms with Crippen molar-refractivity contribution in [3.05, 3.63) is 94.5 Å². The van der Waals surface area contributed by atoms with Gasteiger partial charge in [0.15, 0.2) is 0 Å². The zero-order valence-corrected chi connectivity index (χ0v) is 14.6. The lowest BCUT2D eigenvalue weighted by Crippen LogP contribution is -2.29. The molecule has 0 unspecified atom stereocenters. The first-order valence-electron chi connectivity index (χ1n) is 8.57. The van der Waals surface area contributed by atoms with E-state index in [1.807, 2.05) is 48.5 Å². The Hall–Kier alpha value is -3.67. The van der Waals surface area contributed by atoms with Gasteiger partial charge in [0.2, 0.25) is 0 Å². The third-order valence-corrected chi connectivity index (χ3v) is 4.08. The van der Waals surface area contributed by atoms with Crippen LogP contribution in [0.15, 0.2) is 78.9 Å². The van der Waals surface area contributed by atoms with E-state index < -0.39 is 4.92 Å². The highest BCUT2D eigenvalue weighted by atomic mass is 16.6. The Balaban J connectivity index is 1.62. The predicted molar refractivity (Wildman–Crippen MR) is 106 cm³/mol. The van der Waals surface area contributed by atoms with Crippen molar-refractivity contribution in [2.45, 2.75) is 0 Å². The molecule has 0 aliphatic carbocycles. The zero-order valence-electron chi connectivity index (χ0n) is 14.6. The Bertz CT molecular complexity index is 942. The Morgan fingerprint density at radius 3 is 2.30 bits per heavy atom. The molecular weight excluding hydrogens is 342 g/mol. The van der Waals surface area contributed by atoms with Gasteiger partial charge >= 0.3 is 0 Å².